The van der Waals surface area contributed by atoms with Crippen LogP contribution in [0.15, 0.2) is 42.5 Å². The van der Waals surface area contributed by atoms with Crippen molar-refractivity contribution in [1.29, 1.82) is 0 Å². The lowest BCUT2D eigenvalue weighted by Crippen LogP contribution is -2.21. The summed E-state index contributed by atoms with van der Waals surface area (Å²) in [6.45, 7) is 1.96. The van der Waals surface area contributed by atoms with E-state index in [1.165, 1.54) is 0 Å². The smallest absolute Gasteiger partial charge is 0.306 e. The zero-order chi connectivity index (χ0) is 18.9. The average molecular weight is 396 g/mol. The molecule has 0 atom stereocenters. The summed E-state index contributed by atoms with van der Waals surface area (Å²) in [5, 5.41) is 3.14. The van der Waals surface area contributed by atoms with Gasteiger partial charge in [-0.25, -0.2) is 0 Å². The minimum atomic E-state index is -0.510. The first-order valence-corrected chi connectivity index (χ1v) is 8.80. The molecular weight excluding hydrogens is 377 g/mol. The molecule has 0 aromatic heterocycles. The number of carbonyl (C=O) groups excluding carboxylic acids is 2. The molecule has 0 fully saturated rings. The van der Waals surface area contributed by atoms with Gasteiger partial charge >= 0.3 is 5.97 Å². The second-order valence-electron chi connectivity index (χ2n) is 5.57. The fourth-order valence-corrected chi connectivity index (χ4v) is 2.61. The van der Waals surface area contributed by atoms with Crippen LogP contribution >= 0.6 is 23.2 Å². The largest absolute Gasteiger partial charge is 0.494 e. The Morgan fingerprint density at radius 3 is 2.46 bits per heavy atom. The second kappa shape index (κ2) is 10.0. The topological polar surface area (TPSA) is 64.6 Å². The SMILES string of the molecule is Cc1cccc(OCCCC(=O)OCC(=O)Nc2c(Cl)cccc2Cl)c1. The molecule has 0 radical (unpaired) electrons. The number of aryl methyl sites for hydroxylation is 1. The molecule has 0 aliphatic rings. The van der Waals surface area contributed by atoms with E-state index in [9.17, 15) is 9.59 Å². The zero-order valence-electron chi connectivity index (χ0n) is 14.3. The van der Waals surface area contributed by atoms with Crippen molar-refractivity contribution in [3.63, 3.8) is 0 Å². The van der Waals surface area contributed by atoms with Crippen molar-refractivity contribution >= 4 is 40.8 Å². The van der Waals surface area contributed by atoms with Gasteiger partial charge in [0.05, 0.1) is 22.3 Å². The van der Waals surface area contributed by atoms with Crippen LogP contribution < -0.4 is 10.1 Å². The van der Waals surface area contributed by atoms with E-state index in [1.807, 2.05) is 31.2 Å². The molecule has 0 bridgehead atoms. The molecule has 0 unspecified atom stereocenters. The van der Waals surface area contributed by atoms with E-state index in [2.05, 4.69) is 5.32 Å². The Hall–Kier alpha value is -2.24. The van der Waals surface area contributed by atoms with Crippen LogP contribution in [0.4, 0.5) is 5.69 Å². The Balaban J connectivity index is 1.66. The van der Waals surface area contributed by atoms with Gasteiger partial charge < -0.3 is 14.8 Å². The number of anilines is 1. The molecule has 26 heavy (non-hydrogen) atoms. The number of hydrogen-bond donors (Lipinski definition) is 1. The van der Waals surface area contributed by atoms with Crippen LogP contribution in [0.5, 0.6) is 5.75 Å². The van der Waals surface area contributed by atoms with Crippen molar-refractivity contribution in [3.05, 3.63) is 58.1 Å². The van der Waals surface area contributed by atoms with E-state index in [0.29, 0.717) is 28.8 Å². The van der Waals surface area contributed by atoms with Gasteiger partial charge in [-0.05, 0) is 43.2 Å². The molecule has 0 aliphatic heterocycles. The molecule has 7 heteroatoms. The predicted molar refractivity (Wildman–Crippen MR) is 102 cm³/mol. The molecule has 5 nitrogen and oxygen atoms in total. The van der Waals surface area contributed by atoms with E-state index in [1.54, 1.807) is 18.2 Å². The van der Waals surface area contributed by atoms with E-state index in [4.69, 9.17) is 32.7 Å². The zero-order valence-corrected chi connectivity index (χ0v) is 15.8. The van der Waals surface area contributed by atoms with Crippen LogP contribution in [-0.4, -0.2) is 25.1 Å². The Morgan fingerprint density at radius 1 is 1.08 bits per heavy atom. The number of halogens is 2. The van der Waals surface area contributed by atoms with E-state index < -0.39 is 18.5 Å². The van der Waals surface area contributed by atoms with Gasteiger partial charge in [0.15, 0.2) is 6.61 Å². The first-order valence-electron chi connectivity index (χ1n) is 8.04. The summed E-state index contributed by atoms with van der Waals surface area (Å²) in [4.78, 5) is 23.5. The van der Waals surface area contributed by atoms with Crippen molar-refractivity contribution in [2.24, 2.45) is 0 Å². The third-order valence-corrected chi connectivity index (χ3v) is 4.00. The number of hydrogen-bond acceptors (Lipinski definition) is 4. The van der Waals surface area contributed by atoms with Gasteiger partial charge in [-0.15, -0.1) is 0 Å². The number of nitrogens with one attached hydrogen (secondary N) is 1. The van der Waals surface area contributed by atoms with Crippen molar-refractivity contribution in [2.75, 3.05) is 18.5 Å². The molecule has 2 rings (SSSR count). The summed E-state index contributed by atoms with van der Waals surface area (Å²) >= 11 is 11.9. The number of amides is 1. The molecule has 0 saturated heterocycles. The quantitative estimate of drug-likeness (QED) is 0.522. The molecule has 1 amide bonds. The average Bonchev–Trinajstić information content (AvgIpc) is 2.60. The number of rotatable bonds is 8. The molecule has 0 heterocycles. The molecule has 0 spiro atoms. The lowest BCUT2D eigenvalue weighted by Gasteiger charge is -2.10. The van der Waals surface area contributed by atoms with E-state index in [-0.39, 0.29) is 6.42 Å². The number of para-hydroxylation sites is 1. The van der Waals surface area contributed by atoms with Crippen molar-refractivity contribution in [3.8, 4) is 5.75 Å². The highest BCUT2D eigenvalue weighted by Gasteiger charge is 2.12. The first-order chi connectivity index (χ1) is 12.5. The van der Waals surface area contributed by atoms with Crippen LogP contribution in [0.2, 0.25) is 10.0 Å². The highest BCUT2D eigenvalue weighted by molar-refractivity contribution is 6.39. The normalized spacial score (nSPS) is 10.3. The van der Waals surface area contributed by atoms with Gasteiger partial charge in [0, 0.05) is 6.42 Å². The third kappa shape index (κ3) is 6.58. The molecular formula is C19H19Cl2NO4. The minimum Gasteiger partial charge on any atom is -0.494 e. The summed E-state index contributed by atoms with van der Waals surface area (Å²) in [5.41, 5.74) is 1.40. The van der Waals surface area contributed by atoms with Crippen LogP contribution in [0.3, 0.4) is 0 Å². The predicted octanol–water partition coefficient (Wildman–Crippen LogP) is 4.64. The van der Waals surface area contributed by atoms with Crippen LogP contribution in [0.1, 0.15) is 18.4 Å². The highest BCUT2D eigenvalue weighted by Crippen LogP contribution is 2.29. The molecule has 0 saturated carbocycles. The van der Waals surface area contributed by atoms with Gasteiger partial charge in [0.2, 0.25) is 0 Å². The van der Waals surface area contributed by atoms with E-state index >= 15 is 0 Å². The van der Waals surface area contributed by atoms with Crippen molar-refractivity contribution in [2.45, 2.75) is 19.8 Å². The maximum absolute atomic E-state index is 11.8. The lowest BCUT2D eigenvalue weighted by atomic mass is 10.2. The maximum atomic E-state index is 11.8. The summed E-state index contributed by atoms with van der Waals surface area (Å²) in [5.74, 6) is -0.225. The molecule has 2 aromatic rings. The maximum Gasteiger partial charge on any atom is 0.306 e. The first kappa shape index (κ1) is 20.1. The van der Waals surface area contributed by atoms with Gasteiger partial charge in [0.25, 0.3) is 5.91 Å². The Morgan fingerprint density at radius 2 is 1.77 bits per heavy atom. The van der Waals surface area contributed by atoms with Crippen molar-refractivity contribution < 1.29 is 19.1 Å². The third-order valence-electron chi connectivity index (χ3n) is 3.37. The summed E-state index contributed by atoms with van der Waals surface area (Å²) < 4.78 is 10.5. The Kier molecular flexibility index (Phi) is 7.75. The Labute approximate surface area is 162 Å². The number of benzene rings is 2. The lowest BCUT2D eigenvalue weighted by molar-refractivity contribution is -0.147. The van der Waals surface area contributed by atoms with Crippen LogP contribution in [0.25, 0.3) is 0 Å². The van der Waals surface area contributed by atoms with Gasteiger partial charge in [0.1, 0.15) is 5.75 Å². The summed E-state index contributed by atoms with van der Waals surface area (Å²) in [6, 6.07) is 12.5. The van der Waals surface area contributed by atoms with Gasteiger partial charge in [-0.3, -0.25) is 9.59 Å². The fraction of sp³-hybridized carbons (Fsp3) is 0.263. The molecule has 0 aliphatic carbocycles. The second-order valence-corrected chi connectivity index (χ2v) is 6.39. The van der Waals surface area contributed by atoms with Crippen molar-refractivity contribution in [1.82, 2.24) is 0 Å². The Bertz CT molecular complexity index is 760. The molecule has 1 N–H and O–H groups in total. The van der Waals surface area contributed by atoms with Gasteiger partial charge in [-0.2, -0.15) is 0 Å². The van der Waals surface area contributed by atoms with Crippen LogP contribution in [0, 0.1) is 6.92 Å². The monoisotopic (exact) mass is 395 g/mol. The summed E-state index contributed by atoms with van der Waals surface area (Å²) in [6.07, 6.45) is 0.649. The highest BCUT2D eigenvalue weighted by atomic mass is 35.5. The fourth-order valence-electron chi connectivity index (χ4n) is 2.12. The summed E-state index contributed by atoms with van der Waals surface area (Å²) in [7, 11) is 0. The molecule has 138 valence electrons. The number of ether oxygens (including phenoxy) is 2. The molecule has 2 aromatic carbocycles. The van der Waals surface area contributed by atoms with E-state index in [0.717, 1.165) is 11.3 Å². The van der Waals surface area contributed by atoms with Gasteiger partial charge in [-0.1, -0.05) is 41.4 Å². The van der Waals surface area contributed by atoms with Crippen LogP contribution in [-0.2, 0) is 14.3 Å². The standard InChI is InChI=1S/C19H19Cl2NO4/c1-13-5-2-6-14(11-13)25-10-4-9-18(24)26-12-17(23)22-19-15(20)7-3-8-16(19)21/h2-3,5-8,11H,4,9-10,12H2,1H3,(H,22,23). The number of esters is 1. The minimum absolute atomic E-state index is 0.159. The number of carbonyl (C=O) groups is 2.